The molecule has 0 aromatic heterocycles. The van der Waals surface area contributed by atoms with Crippen molar-refractivity contribution in [3.8, 4) is 0 Å². The Balaban J connectivity index is 1.16. The molecule has 0 radical (unpaired) electrons. The summed E-state index contributed by atoms with van der Waals surface area (Å²) in [5.74, 6) is 0.642. The van der Waals surface area contributed by atoms with Gasteiger partial charge in [-0.3, -0.25) is 9.69 Å². The molecule has 3 aromatic rings. The highest BCUT2D eigenvalue weighted by Gasteiger charge is 2.40. The molecule has 1 amide bonds. The van der Waals surface area contributed by atoms with E-state index >= 15 is 0 Å². The quantitative estimate of drug-likeness (QED) is 0.614. The first-order chi connectivity index (χ1) is 16.8. The largest absolute Gasteiger partial charge is 0.378 e. The van der Waals surface area contributed by atoms with E-state index in [4.69, 9.17) is 0 Å². The van der Waals surface area contributed by atoms with E-state index in [1.165, 1.54) is 16.7 Å². The zero-order chi connectivity index (χ0) is 22.9. The number of hydrogen-bond donors (Lipinski definition) is 2. The second-order valence-corrected chi connectivity index (χ2v) is 9.77. The van der Waals surface area contributed by atoms with E-state index in [0.29, 0.717) is 12.0 Å². The van der Waals surface area contributed by atoms with Gasteiger partial charge in [0.2, 0.25) is 0 Å². The third kappa shape index (κ3) is 4.10. The minimum absolute atomic E-state index is 0.155. The molecule has 3 heterocycles. The van der Waals surface area contributed by atoms with Crippen molar-refractivity contribution in [2.75, 3.05) is 38.0 Å². The number of piperazine rings is 1. The molecule has 6 rings (SSSR count). The molecule has 2 N–H and O–H groups in total. The van der Waals surface area contributed by atoms with E-state index in [1.54, 1.807) is 0 Å². The number of carbonyl (C=O) groups is 1. The number of rotatable bonds is 4. The molecule has 3 aliphatic heterocycles. The van der Waals surface area contributed by atoms with Crippen molar-refractivity contribution in [3.05, 3.63) is 101 Å². The molecule has 3 atom stereocenters. The van der Waals surface area contributed by atoms with Gasteiger partial charge in [0.05, 0.1) is 6.04 Å². The van der Waals surface area contributed by atoms with Gasteiger partial charge in [0.1, 0.15) is 0 Å². The fraction of sp³-hybridized carbons (Fsp3) is 0.345. The number of hydrogen-bond acceptors (Lipinski definition) is 4. The molecule has 0 spiro atoms. The average molecular weight is 453 g/mol. The summed E-state index contributed by atoms with van der Waals surface area (Å²) in [5.41, 5.74) is 5.86. The fourth-order valence-corrected chi connectivity index (χ4v) is 5.91. The van der Waals surface area contributed by atoms with Crippen LogP contribution in [0.1, 0.15) is 45.6 Å². The lowest BCUT2D eigenvalue weighted by molar-refractivity contribution is 0.0628. The standard InChI is InChI=1S/C29H32N4O/c34-29(33-17-15-32(16-18-33)20-21-7-3-1-4-8-21)23-11-12-26-25(19-23)28-24(13-14-30-28)27(31-26)22-9-5-2-6-10-22/h1-12,19,24,27-28,30-31H,13-18,20H2/t24-,27?,28-/m0/s1. The van der Waals surface area contributed by atoms with Crippen molar-refractivity contribution < 1.29 is 4.79 Å². The number of carbonyl (C=O) groups excluding carboxylic acids is 1. The van der Waals surface area contributed by atoms with Crippen molar-refractivity contribution in [2.45, 2.75) is 25.0 Å². The van der Waals surface area contributed by atoms with Crippen LogP contribution in [0.15, 0.2) is 78.9 Å². The lowest BCUT2D eigenvalue weighted by atomic mass is 9.80. The van der Waals surface area contributed by atoms with Crippen LogP contribution in [0.2, 0.25) is 0 Å². The summed E-state index contributed by atoms with van der Waals surface area (Å²) >= 11 is 0. The molecule has 0 saturated carbocycles. The second-order valence-electron chi connectivity index (χ2n) is 9.77. The first-order valence-corrected chi connectivity index (χ1v) is 12.5. The Morgan fingerprint density at radius 2 is 1.59 bits per heavy atom. The highest BCUT2D eigenvalue weighted by Crippen LogP contribution is 2.47. The van der Waals surface area contributed by atoms with Crippen molar-refractivity contribution >= 4 is 11.6 Å². The molecular weight excluding hydrogens is 420 g/mol. The van der Waals surface area contributed by atoms with E-state index in [0.717, 1.165) is 56.9 Å². The van der Waals surface area contributed by atoms with Crippen molar-refractivity contribution in [1.82, 2.24) is 15.1 Å². The Morgan fingerprint density at radius 3 is 2.35 bits per heavy atom. The highest BCUT2D eigenvalue weighted by atomic mass is 16.2. The van der Waals surface area contributed by atoms with Gasteiger partial charge in [-0.05, 0) is 47.9 Å². The van der Waals surface area contributed by atoms with Crippen LogP contribution in [0.4, 0.5) is 5.69 Å². The molecule has 3 aromatic carbocycles. The van der Waals surface area contributed by atoms with E-state index in [9.17, 15) is 4.79 Å². The lowest BCUT2D eigenvalue weighted by Crippen LogP contribution is -2.48. The predicted octanol–water partition coefficient (Wildman–Crippen LogP) is 4.46. The van der Waals surface area contributed by atoms with Gasteiger partial charge in [0.15, 0.2) is 0 Å². The molecule has 0 bridgehead atoms. The van der Waals surface area contributed by atoms with Crippen LogP contribution in [0.3, 0.4) is 0 Å². The maximum absolute atomic E-state index is 13.4. The van der Waals surface area contributed by atoms with Gasteiger partial charge < -0.3 is 15.5 Å². The predicted molar refractivity (Wildman–Crippen MR) is 136 cm³/mol. The normalized spacial score (nSPS) is 24.2. The summed E-state index contributed by atoms with van der Waals surface area (Å²) in [6.45, 7) is 5.35. The minimum atomic E-state index is 0.155. The summed E-state index contributed by atoms with van der Waals surface area (Å²) in [7, 11) is 0. The minimum Gasteiger partial charge on any atom is -0.378 e. The maximum Gasteiger partial charge on any atom is 0.253 e. The fourth-order valence-electron chi connectivity index (χ4n) is 5.91. The Bertz CT molecular complexity index is 1140. The maximum atomic E-state index is 13.4. The van der Waals surface area contributed by atoms with Crippen LogP contribution in [0.5, 0.6) is 0 Å². The number of nitrogens with zero attached hydrogens (tertiary/aromatic N) is 2. The third-order valence-corrected chi connectivity index (χ3v) is 7.71. The monoisotopic (exact) mass is 452 g/mol. The summed E-state index contributed by atoms with van der Waals surface area (Å²) in [5, 5.41) is 7.51. The highest BCUT2D eigenvalue weighted by molar-refractivity contribution is 5.95. The third-order valence-electron chi connectivity index (χ3n) is 7.71. The van der Waals surface area contributed by atoms with Crippen molar-refractivity contribution in [1.29, 1.82) is 0 Å². The van der Waals surface area contributed by atoms with Gasteiger partial charge in [-0.2, -0.15) is 0 Å². The van der Waals surface area contributed by atoms with Crippen LogP contribution in [0.25, 0.3) is 0 Å². The zero-order valence-corrected chi connectivity index (χ0v) is 19.5. The molecule has 0 aliphatic carbocycles. The molecule has 34 heavy (non-hydrogen) atoms. The summed E-state index contributed by atoms with van der Waals surface area (Å²) < 4.78 is 0. The molecule has 3 aliphatic rings. The Morgan fingerprint density at radius 1 is 0.853 bits per heavy atom. The van der Waals surface area contributed by atoms with Crippen LogP contribution < -0.4 is 10.6 Å². The first kappa shape index (κ1) is 21.4. The topological polar surface area (TPSA) is 47.6 Å². The summed E-state index contributed by atoms with van der Waals surface area (Å²) in [6.07, 6.45) is 1.14. The van der Waals surface area contributed by atoms with Crippen LogP contribution in [-0.2, 0) is 6.54 Å². The molecule has 2 saturated heterocycles. The molecule has 2 fully saturated rings. The number of benzene rings is 3. The van der Waals surface area contributed by atoms with Gasteiger partial charge in [0.25, 0.3) is 5.91 Å². The van der Waals surface area contributed by atoms with Gasteiger partial charge in [-0.25, -0.2) is 0 Å². The molecular formula is C29H32N4O. The lowest BCUT2D eigenvalue weighted by Gasteiger charge is -2.38. The van der Waals surface area contributed by atoms with Gasteiger partial charge in [0, 0.05) is 55.9 Å². The van der Waals surface area contributed by atoms with E-state index in [1.807, 2.05) is 11.0 Å². The van der Waals surface area contributed by atoms with Crippen LogP contribution in [0, 0.1) is 5.92 Å². The number of amides is 1. The van der Waals surface area contributed by atoms with Crippen LogP contribution >= 0.6 is 0 Å². The van der Waals surface area contributed by atoms with Crippen molar-refractivity contribution in [2.24, 2.45) is 5.92 Å². The van der Waals surface area contributed by atoms with Crippen LogP contribution in [-0.4, -0.2) is 48.4 Å². The molecule has 5 nitrogen and oxygen atoms in total. The Kier molecular flexibility index (Phi) is 5.81. The zero-order valence-electron chi connectivity index (χ0n) is 19.5. The number of fused-ring (bicyclic) bond motifs is 3. The molecule has 5 heteroatoms. The Hall–Kier alpha value is -3.15. The molecule has 1 unspecified atom stereocenters. The first-order valence-electron chi connectivity index (χ1n) is 12.5. The molecule has 174 valence electrons. The van der Waals surface area contributed by atoms with Gasteiger partial charge in [-0.15, -0.1) is 0 Å². The SMILES string of the molecule is O=C(c1ccc2c(c1)[C@H]1NCC[C@H]1C(c1ccccc1)N2)N1CCN(Cc2ccccc2)CC1. The van der Waals surface area contributed by atoms with E-state index < -0.39 is 0 Å². The second kappa shape index (κ2) is 9.24. The average Bonchev–Trinajstić information content (AvgIpc) is 3.40. The van der Waals surface area contributed by atoms with Gasteiger partial charge in [-0.1, -0.05) is 60.7 Å². The summed E-state index contributed by atoms with van der Waals surface area (Å²) in [6, 6.07) is 28.2. The Labute approximate surface area is 201 Å². The van der Waals surface area contributed by atoms with E-state index in [-0.39, 0.29) is 11.9 Å². The number of anilines is 1. The smallest absolute Gasteiger partial charge is 0.253 e. The van der Waals surface area contributed by atoms with Gasteiger partial charge >= 0.3 is 0 Å². The van der Waals surface area contributed by atoms with E-state index in [2.05, 4.69) is 88.3 Å². The summed E-state index contributed by atoms with van der Waals surface area (Å²) in [4.78, 5) is 17.9. The van der Waals surface area contributed by atoms with Crippen molar-refractivity contribution in [3.63, 3.8) is 0 Å². The number of nitrogens with one attached hydrogen (secondary N) is 2.